The molecule has 0 aliphatic rings. The first-order chi connectivity index (χ1) is 8.11. The van der Waals surface area contributed by atoms with Crippen molar-refractivity contribution >= 4 is 16.7 Å². The molecule has 0 spiro atoms. The van der Waals surface area contributed by atoms with Gasteiger partial charge in [-0.25, -0.2) is 0 Å². The second-order valence-electron chi connectivity index (χ2n) is 4.89. The van der Waals surface area contributed by atoms with Gasteiger partial charge in [-0.1, -0.05) is 32.4 Å². The summed E-state index contributed by atoms with van der Waals surface area (Å²) in [6.45, 7) is 6.30. The fourth-order valence-corrected chi connectivity index (χ4v) is 2.04. The summed E-state index contributed by atoms with van der Waals surface area (Å²) in [6, 6.07) is 6.16. The largest absolute Gasteiger partial charge is 0.360 e. The first kappa shape index (κ1) is 11.9. The summed E-state index contributed by atoms with van der Waals surface area (Å²) in [5, 5.41) is 1.05. The average molecular weight is 229 g/mol. The zero-order chi connectivity index (χ0) is 12.4. The third-order valence-electron chi connectivity index (χ3n) is 3.37. The number of hydrogen-bond donors (Lipinski definition) is 1. The Balaban J connectivity index is 2.33. The summed E-state index contributed by atoms with van der Waals surface area (Å²) in [5.41, 5.74) is 3.10. The quantitative estimate of drug-likeness (QED) is 0.787. The standard InChI is InChI=1S/C15H19NO/c1-4-10(2)8-15(17)13-9-16-14-7-11(3)5-6-12(13)14/h5-7,9-10,16H,4,8H2,1-3H3. The van der Waals surface area contributed by atoms with Crippen molar-refractivity contribution in [3.8, 4) is 0 Å². The highest BCUT2D eigenvalue weighted by atomic mass is 16.1. The van der Waals surface area contributed by atoms with Gasteiger partial charge in [0.15, 0.2) is 5.78 Å². The third kappa shape index (κ3) is 2.41. The van der Waals surface area contributed by atoms with Gasteiger partial charge < -0.3 is 4.98 Å². The van der Waals surface area contributed by atoms with Crippen LogP contribution in [-0.2, 0) is 0 Å². The number of hydrogen-bond acceptors (Lipinski definition) is 1. The lowest BCUT2D eigenvalue weighted by molar-refractivity contribution is 0.0965. The number of nitrogens with one attached hydrogen (secondary N) is 1. The Morgan fingerprint density at radius 3 is 2.88 bits per heavy atom. The molecular weight excluding hydrogens is 210 g/mol. The number of rotatable bonds is 4. The summed E-state index contributed by atoms with van der Waals surface area (Å²) < 4.78 is 0. The molecule has 0 bridgehead atoms. The number of Topliss-reactive ketones (excluding diaryl/α,β-unsaturated/α-hetero) is 1. The minimum atomic E-state index is 0.245. The van der Waals surface area contributed by atoms with E-state index in [2.05, 4.69) is 37.9 Å². The molecule has 1 N–H and O–H groups in total. The first-order valence-electron chi connectivity index (χ1n) is 6.22. The van der Waals surface area contributed by atoms with E-state index in [0.717, 1.165) is 22.9 Å². The molecule has 1 atom stereocenters. The highest BCUT2D eigenvalue weighted by Crippen LogP contribution is 2.22. The van der Waals surface area contributed by atoms with Crippen molar-refractivity contribution in [1.29, 1.82) is 0 Å². The molecule has 2 heteroatoms. The zero-order valence-electron chi connectivity index (χ0n) is 10.7. The highest BCUT2D eigenvalue weighted by Gasteiger charge is 2.14. The van der Waals surface area contributed by atoms with Crippen molar-refractivity contribution in [3.05, 3.63) is 35.5 Å². The van der Waals surface area contributed by atoms with Crippen LogP contribution in [0, 0.1) is 12.8 Å². The van der Waals surface area contributed by atoms with Gasteiger partial charge in [-0.2, -0.15) is 0 Å². The Bertz CT molecular complexity index is 539. The summed E-state index contributed by atoms with van der Waals surface area (Å²) in [7, 11) is 0. The topological polar surface area (TPSA) is 32.9 Å². The molecule has 2 nitrogen and oxygen atoms in total. The Labute approximate surface area is 102 Å². The molecule has 0 aliphatic carbocycles. The fourth-order valence-electron chi connectivity index (χ4n) is 2.04. The molecular formula is C15H19NO. The predicted octanol–water partition coefficient (Wildman–Crippen LogP) is 4.10. The van der Waals surface area contributed by atoms with E-state index in [1.165, 1.54) is 5.56 Å². The van der Waals surface area contributed by atoms with Gasteiger partial charge in [0.1, 0.15) is 0 Å². The lowest BCUT2D eigenvalue weighted by atomic mass is 9.97. The van der Waals surface area contributed by atoms with E-state index in [9.17, 15) is 4.79 Å². The summed E-state index contributed by atoms with van der Waals surface area (Å²) in [4.78, 5) is 15.3. The lowest BCUT2D eigenvalue weighted by Crippen LogP contribution is -2.04. The maximum atomic E-state index is 12.2. The fraction of sp³-hybridized carbons (Fsp3) is 0.400. The van der Waals surface area contributed by atoms with Crippen molar-refractivity contribution < 1.29 is 4.79 Å². The number of ketones is 1. The highest BCUT2D eigenvalue weighted by molar-refractivity contribution is 6.07. The SMILES string of the molecule is CCC(C)CC(=O)c1c[nH]c2cc(C)ccc12. The van der Waals surface area contributed by atoms with Gasteiger partial charge in [0.05, 0.1) is 0 Å². The molecule has 2 aromatic rings. The summed E-state index contributed by atoms with van der Waals surface area (Å²) in [6.07, 6.45) is 3.53. The second kappa shape index (κ2) is 4.74. The van der Waals surface area contributed by atoms with Crippen molar-refractivity contribution in [3.63, 3.8) is 0 Å². The zero-order valence-corrected chi connectivity index (χ0v) is 10.7. The molecule has 1 aromatic carbocycles. The van der Waals surface area contributed by atoms with E-state index in [1.54, 1.807) is 0 Å². The minimum Gasteiger partial charge on any atom is -0.360 e. The van der Waals surface area contributed by atoms with E-state index in [0.29, 0.717) is 12.3 Å². The maximum Gasteiger partial charge on any atom is 0.165 e. The molecule has 1 heterocycles. The van der Waals surface area contributed by atoms with Crippen LogP contribution in [0.4, 0.5) is 0 Å². The van der Waals surface area contributed by atoms with Gasteiger partial charge in [0.25, 0.3) is 0 Å². The van der Waals surface area contributed by atoms with Crippen molar-refractivity contribution in [2.75, 3.05) is 0 Å². The van der Waals surface area contributed by atoms with Crippen LogP contribution >= 0.6 is 0 Å². The number of carbonyl (C=O) groups is 1. The lowest BCUT2D eigenvalue weighted by Gasteiger charge is -2.06. The normalized spacial score (nSPS) is 12.9. The first-order valence-corrected chi connectivity index (χ1v) is 6.22. The smallest absolute Gasteiger partial charge is 0.165 e. The number of fused-ring (bicyclic) bond motifs is 1. The van der Waals surface area contributed by atoms with Gasteiger partial charge in [-0.3, -0.25) is 4.79 Å². The third-order valence-corrected chi connectivity index (χ3v) is 3.37. The number of aryl methyl sites for hydroxylation is 1. The Morgan fingerprint density at radius 1 is 1.41 bits per heavy atom. The molecule has 17 heavy (non-hydrogen) atoms. The van der Waals surface area contributed by atoms with Crippen LogP contribution in [0.15, 0.2) is 24.4 Å². The van der Waals surface area contributed by atoms with Crippen LogP contribution in [0.25, 0.3) is 10.9 Å². The predicted molar refractivity (Wildman–Crippen MR) is 71.4 cm³/mol. The molecule has 1 unspecified atom stereocenters. The van der Waals surface area contributed by atoms with Gasteiger partial charge in [0, 0.05) is 29.1 Å². The van der Waals surface area contributed by atoms with Crippen molar-refractivity contribution in [2.45, 2.75) is 33.6 Å². The van der Waals surface area contributed by atoms with E-state index in [-0.39, 0.29) is 5.78 Å². The van der Waals surface area contributed by atoms with Crippen LogP contribution in [0.3, 0.4) is 0 Å². The molecule has 2 rings (SSSR count). The Kier molecular flexibility index (Phi) is 3.32. The number of aromatic nitrogens is 1. The number of H-pyrrole nitrogens is 1. The van der Waals surface area contributed by atoms with Gasteiger partial charge in [0.2, 0.25) is 0 Å². The van der Waals surface area contributed by atoms with Gasteiger partial charge >= 0.3 is 0 Å². The summed E-state index contributed by atoms with van der Waals surface area (Å²) >= 11 is 0. The maximum absolute atomic E-state index is 12.2. The molecule has 0 fully saturated rings. The van der Waals surface area contributed by atoms with Crippen LogP contribution in [0.5, 0.6) is 0 Å². The minimum absolute atomic E-state index is 0.245. The number of carbonyl (C=O) groups excluding carboxylic acids is 1. The number of aromatic amines is 1. The van der Waals surface area contributed by atoms with E-state index in [1.807, 2.05) is 12.3 Å². The molecule has 1 aromatic heterocycles. The van der Waals surface area contributed by atoms with Crippen LogP contribution in [0.1, 0.15) is 42.6 Å². The average Bonchev–Trinajstić information content (AvgIpc) is 2.71. The molecule has 0 aliphatic heterocycles. The molecule has 90 valence electrons. The Morgan fingerprint density at radius 2 is 2.18 bits per heavy atom. The summed E-state index contributed by atoms with van der Waals surface area (Å²) in [5.74, 6) is 0.701. The molecule has 0 radical (unpaired) electrons. The molecule has 0 amide bonds. The van der Waals surface area contributed by atoms with Crippen LogP contribution < -0.4 is 0 Å². The van der Waals surface area contributed by atoms with Crippen LogP contribution in [0.2, 0.25) is 0 Å². The van der Waals surface area contributed by atoms with Crippen molar-refractivity contribution in [1.82, 2.24) is 4.98 Å². The van der Waals surface area contributed by atoms with E-state index in [4.69, 9.17) is 0 Å². The van der Waals surface area contributed by atoms with Gasteiger partial charge in [-0.05, 0) is 24.5 Å². The van der Waals surface area contributed by atoms with Crippen LogP contribution in [-0.4, -0.2) is 10.8 Å². The second-order valence-corrected chi connectivity index (χ2v) is 4.89. The Hall–Kier alpha value is -1.57. The monoisotopic (exact) mass is 229 g/mol. The van der Waals surface area contributed by atoms with E-state index >= 15 is 0 Å². The number of benzene rings is 1. The molecule has 0 saturated heterocycles. The van der Waals surface area contributed by atoms with Gasteiger partial charge in [-0.15, -0.1) is 0 Å². The van der Waals surface area contributed by atoms with Crippen molar-refractivity contribution in [2.24, 2.45) is 5.92 Å². The molecule has 0 saturated carbocycles. The van der Waals surface area contributed by atoms with E-state index < -0.39 is 0 Å².